The second-order valence-corrected chi connectivity index (χ2v) is 4.24. The van der Waals surface area contributed by atoms with Gasteiger partial charge in [-0.2, -0.15) is 5.26 Å². The van der Waals surface area contributed by atoms with Gasteiger partial charge >= 0.3 is 0 Å². The van der Waals surface area contributed by atoms with E-state index in [1.54, 1.807) is 12.1 Å². The van der Waals surface area contributed by atoms with Gasteiger partial charge < -0.3 is 14.8 Å². The number of nitrogens with one attached hydrogen (secondary N) is 1. The summed E-state index contributed by atoms with van der Waals surface area (Å²) in [7, 11) is 0. The van der Waals surface area contributed by atoms with Gasteiger partial charge in [0.2, 0.25) is 0 Å². The summed E-state index contributed by atoms with van der Waals surface area (Å²) in [6.45, 7) is 1.66. The average Bonchev–Trinajstić information content (AvgIpc) is 2.93. The summed E-state index contributed by atoms with van der Waals surface area (Å²) < 4.78 is 10.7. The van der Waals surface area contributed by atoms with Gasteiger partial charge in [-0.05, 0) is 17.7 Å². The molecule has 100 valence electrons. The molecule has 19 heavy (non-hydrogen) atoms. The molecule has 0 radical (unpaired) electrons. The van der Waals surface area contributed by atoms with Crippen LogP contribution < -0.4 is 5.32 Å². The highest BCUT2D eigenvalue weighted by atomic mass is 16.7. The molecule has 0 unspecified atom stereocenters. The van der Waals surface area contributed by atoms with E-state index in [4.69, 9.17) is 14.7 Å². The number of hydrogen-bond acceptors (Lipinski definition) is 4. The Morgan fingerprint density at radius 3 is 2.63 bits per heavy atom. The van der Waals surface area contributed by atoms with Crippen molar-refractivity contribution in [2.24, 2.45) is 0 Å². The van der Waals surface area contributed by atoms with Crippen LogP contribution in [-0.2, 0) is 15.9 Å². The van der Waals surface area contributed by atoms with E-state index in [-0.39, 0.29) is 12.2 Å². The highest BCUT2D eigenvalue weighted by Crippen LogP contribution is 2.12. The maximum absolute atomic E-state index is 11.7. The SMILES string of the molecule is N#CCCNC(=O)c1ccc(CC2OCCO2)cc1. The minimum atomic E-state index is -0.171. The number of nitriles is 1. The normalized spacial score (nSPS) is 15.1. The Hall–Kier alpha value is -1.90. The molecule has 1 N–H and O–H groups in total. The fraction of sp³-hybridized carbons (Fsp3) is 0.429. The van der Waals surface area contributed by atoms with Crippen LogP contribution in [0.2, 0.25) is 0 Å². The van der Waals surface area contributed by atoms with Gasteiger partial charge in [0, 0.05) is 18.5 Å². The summed E-state index contributed by atoms with van der Waals surface area (Å²) in [5.41, 5.74) is 1.66. The number of hydrogen-bond donors (Lipinski definition) is 1. The molecule has 5 heteroatoms. The van der Waals surface area contributed by atoms with Gasteiger partial charge in [0.1, 0.15) is 0 Å². The molecular weight excluding hydrogens is 244 g/mol. The van der Waals surface area contributed by atoms with Gasteiger partial charge in [0.05, 0.1) is 25.7 Å². The first-order valence-electron chi connectivity index (χ1n) is 6.27. The molecule has 1 aromatic rings. The lowest BCUT2D eigenvalue weighted by Crippen LogP contribution is -2.24. The van der Waals surface area contributed by atoms with E-state index in [0.29, 0.717) is 38.2 Å². The predicted octanol–water partition coefficient (Wildman–Crippen LogP) is 1.25. The Morgan fingerprint density at radius 1 is 1.32 bits per heavy atom. The quantitative estimate of drug-likeness (QED) is 0.809. The van der Waals surface area contributed by atoms with Crippen LogP contribution in [0.25, 0.3) is 0 Å². The molecule has 0 atom stereocenters. The second kappa shape index (κ2) is 6.88. The molecule has 1 aliphatic rings. The van der Waals surface area contributed by atoms with Crippen LogP contribution in [0.4, 0.5) is 0 Å². The Balaban J connectivity index is 1.86. The molecule has 0 aromatic heterocycles. The zero-order valence-electron chi connectivity index (χ0n) is 10.6. The standard InChI is InChI=1S/C14H16N2O3/c15-6-1-7-16-14(17)12-4-2-11(3-5-12)10-13-18-8-9-19-13/h2-5,13H,1,7-10H2,(H,16,17). The molecule has 1 heterocycles. The zero-order chi connectivity index (χ0) is 13.5. The fourth-order valence-corrected chi connectivity index (χ4v) is 1.84. The third-order valence-electron chi connectivity index (χ3n) is 2.83. The lowest BCUT2D eigenvalue weighted by Gasteiger charge is -2.09. The molecule has 1 fully saturated rings. The van der Waals surface area contributed by atoms with Gasteiger partial charge in [0.25, 0.3) is 5.91 Å². The molecule has 0 spiro atoms. The number of amides is 1. The Kier molecular flexibility index (Phi) is 4.90. The minimum Gasteiger partial charge on any atom is -0.351 e. The van der Waals surface area contributed by atoms with E-state index < -0.39 is 0 Å². The molecule has 2 rings (SSSR count). The third kappa shape index (κ3) is 4.05. The molecule has 1 aliphatic heterocycles. The van der Waals surface area contributed by atoms with E-state index in [0.717, 1.165) is 5.56 Å². The summed E-state index contributed by atoms with van der Waals surface area (Å²) in [6, 6.07) is 9.31. The molecule has 0 aliphatic carbocycles. The van der Waals surface area contributed by atoms with E-state index >= 15 is 0 Å². The first kappa shape index (κ1) is 13.5. The van der Waals surface area contributed by atoms with Crippen molar-refractivity contribution in [1.29, 1.82) is 5.26 Å². The van der Waals surface area contributed by atoms with Crippen molar-refractivity contribution in [3.05, 3.63) is 35.4 Å². The zero-order valence-corrected chi connectivity index (χ0v) is 10.6. The van der Waals surface area contributed by atoms with E-state index in [1.165, 1.54) is 0 Å². The smallest absolute Gasteiger partial charge is 0.251 e. The third-order valence-corrected chi connectivity index (χ3v) is 2.83. The number of ether oxygens (including phenoxy) is 2. The largest absolute Gasteiger partial charge is 0.351 e. The second-order valence-electron chi connectivity index (χ2n) is 4.24. The van der Waals surface area contributed by atoms with Gasteiger partial charge in [-0.25, -0.2) is 0 Å². The van der Waals surface area contributed by atoms with Crippen LogP contribution >= 0.6 is 0 Å². The van der Waals surface area contributed by atoms with Crippen molar-refractivity contribution in [3.63, 3.8) is 0 Å². The van der Waals surface area contributed by atoms with Crippen molar-refractivity contribution in [2.75, 3.05) is 19.8 Å². The number of nitrogens with zero attached hydrogens (tertiary/aromatic N) is 1. The maximum atomic E-state index is 11.7. The van der Waals surface area contributed by atoms with Gasteiger partial charge in [-0.3, -0.25) is 4.79 Å². The van der Waals surface area contributed by atoms with E-state index in [9.17, 15) is 4.79 Å². The number of benzene rings is 1. The highest BCUT2D eigenvalue weighted by molar-refractivity contribution is 5.94. The lowest BCUT2D eigenvalue weighted by atomic mass is 10.1. The molecule has 0 bridgehead atoms. The number of carbonyl (C=O) groups is 1. The summed E-state index contributed by atoms with van der Waals surface area (Å²) >= 11 is 0. The van der Waals surface area contributed by atoms with Crippen LogP contribution in [0, 0.1) is 11.3 Å². The monoisotopic (exact) mass is 260 g/mol. The van der Waals surface area contributed by atoms with Gasteiger partial charge in [-0.1, -0.05) is 12.1 Å². The maximum Gasteiger partial charge on any atom is 0.251 e. The summed E-state index contributed by atoms with van der Waals surface area (Å²) in [6.07, 6.45) is 0.839. The van der Waals surface area contributed by atoms with Crippen LogP contribution in [0.15, 0.2) is 24.3 Å². The fourth-order valence-electron chi connectivity index (χ4n) is 1.84. The van der Waals surface area contributed by atoms with E-state index in [2.05, 4.69) is 5.32 Å². The summed E-state index contributed by atoms with van der Waals surface area (Å²) in [5.74, 6) is -0.157. The first-order chi connectivity index (χ1) is 9.29. The topological polar surface area (TPSA) is 71.4 Å². The van der Waals surface area contributed by atoms with Gasteiger partial charge in [0.15, 0.2) is 6.29 Å². The van der Waals surface area contributed by atoms with Crippen LogP contribution in [0.3, 0.4) is 0 Å². The van der Waals surface area contributed by atoms with Crippen LogP contribution in [0.1, 0.15) is 22.3 Å². The van der Waals surface area contributed by atoms with Crippen LogP contribution in [0.5, 0.6) is 0 Å². The molecule has 5 nitrogen and oxygen atoms in total. The van der Waals surface area contributed by atoms with Crippen molar-refractivity contribution >= 4 is 5.91 Å². The van der Waals surface area contributed by atoms with Crippen molar-refractivity contribution < 1.29 is 14.3 Å². The molecular formula is C14H16N2O3. The molecule has 1 aromatic carbocycles. The Bertz CT molecular complexity index is 459. The number of rotatable bonds is 5. The lowest BCUT2D eigenvalue weighted by molar-refractivity contribution is -0.0399. The minimum absolute atomic E-state index is 0.157. The van der Waals surface area contributed by atoms with E-state index in [1.807, 2.05) is 18.2 Å². The van der Waals surface area contributed by atoms with Crippen LogP contribution in [-0.4, -0.2) is 32.0 Å². The molecule has 0 saturated carbocycles. The first-order valence-corrected chi connectivity index (χ1v) is 6.27. The number of carbonyl (C=O) groups excluding carboxylic acids is 1. The molecule has 1 saturated heterocycles. The average molecular weight is 260 g/mol. The highest BCUT2D eigenvalue weighted by Gasteiger charge is 2.16. The Labute approximate surface area is 112 Å². The van der Waals surface area contributed by atoms with Crippen molar-refractivity contribution in [1.82, 2.24) is 5.32 Å². The summed E-state index contributed by atoms with van der Waals surface area (Å²) in [4.78, 5) is 11.7. The predicted molar refractivity (Wildman–Crippen MR) is 68.4 cm³/mol. The summed E-state index contributed by atoms with van der Waals surface area (Å²) in [5, 5.41) is 11.1. The van der Waals surface area contributed by atoms with Crippen molar-refractivity contribution in [3.8, 4) is 6.07 Å². The van der Waals surface area contributed by atoms with Crippen molar-refractivity contribution in [2.45, 2.75) is 19.1 Å². The Morgan fingerprint density at radius 2 is 2.00 bits per heavy atom. The molecule has 1 amide bonds. The van der Waals surface area contributed by atoms with Gasteiger partial charge in [-0.15, -0.1) is 0 Å².